The van der Waals surface area contributed by atoms with Gasteiger partial charge in [0.15, 0.2) is 0 Å². The zero-order valence-corrected chi connectivity index (χ0v) is 15.5. The second-order valence-corrected chi connectivity index (χ2v) is 7.38. The number of nitrogens with one attached hydrogen (secondary N) is 2. The van der Waals surface area contributed by atoms with E-state index in [9.17, 15) is 27.6 Å². The number of rotatable bonds is 5. The van der Waals surface area contributed by atoms with Gasteiger partial charge in [-0.25, -0.2) is 4.79 Å². The van der Waals surface area contributed by atoms with Crippen molar-refractivity contribution in [2.24, 2.45) is 0 Å². The van der Waals surface area contributed by atoms with Gasteiger partial charge in [-0.1, -0.05) is 24.3 Å². The first-order valence-corrected chi connectivity index (χ1v) is 9.11. The van der Waals surface area contributed by atoms with E-state index < -0.39 is 41.7 Å². The Morgan fingerprint density at radius 1 is 1.21 bits per heavy atom. The van der Waals surface area contributed by atoms with Gasteiger partial charge < -0.3 is 10.6 Å². The molecule has 2 aromatic rings. The summed E-state index contributed by atoms with van der Waals surface area (Å²) >= 11 is 1.43. The summed E-state index contributed by atoms with van der Waals surface area (Å²) in [7, 11) is 0. The van der Waals surface area contributed by atoms with E-state index in [2.05, 4.69) is 10.6 Å². The van der Waals surface area contributed by atoms with Crippen LogP contribution in [0.5, 0.6) is 0 Å². The zero-order chi connectivity index (χ0) is 20.5. The molecule has 1 aliphatic rings. The second-order valence-electron chi connectivity index (χ2n) is 6.35. The highest BCUT2D eigenvalue weighted by Gasteiger charge is 2.52. The van der Waals surface area contributed by atoms with Crippen LogP contribution < -0.4 is 10.6 Å². The number of carbonyl (C=O) groups excluding carboxylic acids is 3. The quantitative estimate of drug-likeness (QED) is 0.743. The van der Waals surface area contributed by atoms with Crippen molar-refractivity contribution in [3.05, 3.63) is 57.8 Å². The summed E-state index contributed by atoms with van der Waals surface area (Å²) in [6, 6.07) is 7.24. The number of thiophene rings is 1. The minimum atomic E-state index is -4.70. The van der Waals surface area contributed by atoms with Crippen LogP contribution in [0.3, 0.4) is 0 Å². The maximum atomic E-state index is 13.3. The Labute approximate surface area is 162 Å². The average Bonchev–Trinajstić information content (AvgIpc) is 3.23. The Morgan fingerprint density at radius 3 is 2.57 bits per heavy atom. The zero-order valence-electron chi connectivity index (χ0n) is 14.7. The van der Waals surface area contributed by atoms with Crippen LogP contribution in [0.1, 0.15) is 22.9 Å². The maximum Gasteiger partial charge on any atom is 0.416 e. The van der Waals surface area contributed by atoms with Crippen LogP contribution in [0.25, 0.3) is 0 Å². The molecule has 6 nitrogen and oxygen atoms in total. The average molecular weight is 411 g/mol. The number of urea groups is 1. The summed E-state index contributed by atoms with van der Waals surface area (Å²) < 4.78 is 40.0. The lowest BCUT2D eigenvalue weighted by Gasteiger charge is -2.25. The molecule has 0 unspecified atom stereocenters. The van der Waals surface area contributed by atoms with Gasteiger partial charge in [-0.15, -0.1) is 11.3 Å². The molecule has 148 valence electrons. The summed E-state index contributed by atoms with van der Waals surface area (Å²) in [5, 5.41) is 6.70. The molecule has 0 aliphatic carbocycles. The number of alkyl halides is 3. The van der Waals surface area contributed by atoms with E-state index in [1.165, 1.54) is 30.4 Å². The standard InChI is InChI=1S/C18H16F3N3O3S/c1-17(12-6-2-3-7-13(12)18(19,20)21)15(26)24(16(27)23-17)10-14(25)22-9-11-5-4-8-28-11/h2-8H,9-10H2,1H3,(H,22,25)(H,23,27)/t17-/m0/s1. The third-order valence-electron chi connectivity index (χ3n) is 4.39. The minimum Gasteiger partial charge on any atom is -0.350 e. The fourth-order valence-corrected chi connectivity index (χ4v) is 3.63. The van der Waals surface area contributed by atoms with E-state index >= 15 is 0 Å². The summed E-state index contributed by atoms with van der Waals surface area (Å²) in [5.41, 5.74) is -3.31. The molecule has 1 fully saturated rings. The van der Waals surface area contributed by atoms with Gasteiger partial charge >= 0.3 is 12.2 Å². The number of nitrogens with zero attached hydrogens (tertiary/aromatic N) is 1. The van der Waals surface area contributed by atoms with Crippen molar-refractivity contribution in [2.45, 2.75) is 25.2 Å². The molecule has 0 radical (unpaired) electrons. The number of benzene rings is 1. The number of hydrogen-bond acceptors (Lipinski definition) is 4. The Hall–Kier alpha value is -2.88. The molecule has 3 rings (SSSR count). The van der Waals surface area contributed by atoms with Crippen LogP contribution in [-0.4, -0.2) is 29.3 Å². The molecule has 4 amide bonds. The summed E-state index contributed by atoms with van der Waals surface area (Å²) in [5.74, 6) is -1.51. The fraction of sp³-hybridized carbons (Fsp3) is 0.278. The second kappa shape index (κ2) is 7.27. The third kappa shape index (κ3) is 3.72. The molecule has 1 atom stereocenters. The lowest BCUT2D eigenvalue weighted by atomic mass is 9.87. The van der Waals surface area contributed by atoms with Gasteiger partial charge in [0.1, 0.15) is 12.1 Å². The monoisotopic (exact) mass is 411 g/mol. The van der Waals surface area contributed by atoms with Gasteiger partial charge in [-0.05, 0) is 30.0 Å². The number of hydrogen-bond donors (Lipinski definition) is 2. The molecule has 0 saturated carbocycles. The first-order valence-electron chi connectivity index (χ1n) is 8.23. The molecule has 0 bridgehead atoms. The molecule has 2 N–H and O–H groups in total. The van der Waals surface area contributed by atoms with Crippen LogP contribution in [0, 0.1) is 0 Å². The van der Waals surface area contributed by atoms with Crippen molar-refractivity contribution in [3.8, 4) is 0 Å². The van der Waals surface area contributed by atoms with Gasteiger partial charge in [-0.2, -0.15) is 13.2 Å². The van der Waals surface area contributed by atoms with Gasteiger partial charge in [0.05, 0.1) is 12.1 Å². The van der Waals surface area contributed by atoms with E-state index in [1.54, 1.807) is 0 Å². The number of amides is 4. The predicted molar refractivity (Wildman–Crippen MR) is 95.2 cm³/mol. The first kappa shape index (κ1) is 19.9. The predicted octanol–water partition coefficient (Wildman–Crippen LogP) is 2.85. The largest absolute Gasteiger partial charge is 0.416 e. The van der Waals surface area contributed by atoms with Gasteiger partial charge in [0.2, 0.25) is 5.91 Å². The normalized spacial score (nSPS) is 19.6. The Morgan fingerprint density at radius 2 is 1.93 bits per heavy atom. The summed E-state index contributed by atoms with van der Waals surface area (Å²) in [6.07, 6.45) is -4.70. The van der Waals surface area contributed by atoms with Crippen LogP contribution >= 0.6 is 11.3 Å². The molecule has 1 aliphatic heterocycles. The highest BCUT2D eigenvalue weighted by atomic mass is 32.1. The minimum absolute atomic E-state index is 0.230. The first-order chi connectivity index (χ1) is 13.1. The van der Waals surface area contributed by atoms with Crippen molar-refractivity contribution in [3.63, 3.8) is 0 Å². The fourth-order valence-electron chi connectivity index (χ4n) is 2.99. The van der Waals surface area contributed by atoms with E-state index in [1.807, 2.05) is 17.5 Å². The molecule has 28 heavy (non-hydrogen) atoms. The van der Waals surface area contributed by atoms with Crippen LogP contribution in [0.15, 0.2) is 41.8 Å². The van der Waals surface area contributed by atoms with Crippen molar-refractivity contribution < 1.29 is 27.6 Å². The van der Waals surface area contributed by atoms with Gasteiger partial charge in [0.25, 0.3) is 5.91 Å². The molecule has 2 heterocycles. The van der Waals surface area contributed by atoms with Crippen molar-refractivity contribution >= 4 is 29.2 Å². The molecule has 0 spiro atoms. The van der Waals surface area contributed by atoms with E-state index in [0.29, 0.717) is 4.90 Å². The lowest BCUT2D eigenvalue weighted by Crippen LogP contribution is -2.44. The third-order valence-corrected chi connectivity index (χ3v) is 5.26. The van der Waals surface area contributed by atoms with Crippen LogP contribution in [-0.2, 0) is 27.8 Å². The van der Waals surface area contributed by atoms with E-state index in [4.69, 9.17) is 0 Å². The number of carbonyl (C=O) groups is 3. The highest BCUT2D eigenvalue weighted by Crippen LogP contribution is 2.39. The molecule has 1 aromatic carbocycles. The Kier molecular flexibility index (Phi) is 5.16. The molecular weight excluding hydrogens is 395 g/mol. The lowest BCUT2D eigenvalue weighted by molar-refractivity contribution is -0.140. The maximum absolute atomic E-state index is 13.3. The summed E-state index contributed by atoms with van der Waals surface area (Å²) in [4.78, 5) is 38.6. The SMILES string of the molecule is C[C@@]1(c2ccccc2C(F)(F)F)NC(=O)N(CC(=O)NCc2cccs2)C1=O. The Balaban J connectivity index is 1.79. The number of halogens is 3. The van der Waals surface area contributed by atoms with Crippen LogP contribution in [0.4, 0.5) is 18.0 Å². The van der Waals surface area contributed by atoms with Crippen molar-refractivity contribution in [1.29, 1.82) is 0 Å². The molecule has 1 saturated heterocycles. The van der Waals surface area contributed by atoms with Crippen molar-refractivity contribution in [1.82, 2.24) is 15.5 Å². The molecule has 1 aromatic heterocycles. The molecule has 10 heteroatoms. The topological polar surface area (TPSA) is 78.5 Å². The summed E-state index contributed by atoms with van der Waals surface area (Å²) in [6.45, 7) is 0.843. The Bertz CT molecular complexity index is 914. The smallest absolute Gasteiger partial charge is 0.350 e. The van der Waals surface area contributed by atoms with Crippen molar-refractivity contribution in [2.75, 3.05) is 6.54 Å². The van der Waals surface area contributed by atoms with Crippen LogP contribution in [0.2, 0.25) is 0 Å². The van der Waals surface area contributed by atoms with E-state index in [-0.39, 0.29) is 12.1 Å². The van der Waals surface area contributed by atoms with Gasteiger partial charge in [-0.3, -0.25) is 14.5 Å². The van der Waals surface area contributed by atoms with E-state index in [0.717, 1.165) is 17.0 Å². The number of imide groups is 1. The van der Waals surface area contributed by atoms with Gasteiger partial charge in [0, 0.05) is 4.88 Å². The molecular formula is C18H16F3N3O3S. The highest BCUT2D eigenvalue weighted by molar-refractivity contribution is 7.09.